The van der Waals surface area contributed by atoms with Gasteiger partial charge in [0.1, 0.15) is 5.82 Å². The summed E-state index contributed by atoms with van der Waals surface area (Å²) in [4.78, 5) is 29.5. The summed E-state index contributed by atoms with van der Waals surface area (Å²) < 4.78 is 14.6. The van der Waals surface area contributed by atoms with E-state index in [9.17, 15) is 14.0 Å². The van der Waals surface area contributed by atoms with Gasteiger partial charge in [-0.2, -0.15) is 5.10 Å². The van der Waals surface area contributed by atoms with Crippen LogP contribution in [0, 0.1) is 5.82 Å². The second-order valence-corrected chi connectivity index (χ2v) is 9.14. The second-order valence-electron chi connectivity index (χ2n) is 9.14. The lowest BCUT2D eigenvalue weighted by atomic mass is 9.99. The summed E-state index contributed by atoms with van der Waals surface area (Å²) in [5.41, 5.74) is 2.97. The van der Waals surface area contributed by atoms with Crippen molar-refractivity contribution in [2.45, 2.75) is 51.0 Å². The third-order valence-electron chi connectivity index (χ3n) is 7.14. The van der Waals surface area contributed by atoms with Crippen LogP contribution in [0.1, 0.15) is 59.3 Å². The van der Waals surface area contributed by atoms with E-state index < -0.39 is 5.82 Å². The molecule has 3 aliphatic rings. The van der Waals surface area contributed by atoms with Crippen molar-refractivity contribution in [2.24, 2.45) is 0 Å². The Morgan fingerprint density at radius 1 is 1.12 bits per heavy atom. The highest BCUT2D eigenvalue weighted by atomic mass is 19.1. The Morgan fingerprint density at radius 3 is 2.69 bits per heavy atom. The molecule has 32 heavy (non-hydrogen) atoms. The van der Waals surface area contributed by atoms with Gasteiger partial charge in [0, 0.05) is 50.7 Å². The number of hydrogen-bond acceptors (Lipinski definition) is 5. The number of aromatic amines is 1. The highest BCUT2D eigenvalue weighted by Gasteiger charge is 2.29. The number of halogens is 1. The van der Waals surface area contributed by atoms with Gasteiger partial charge in [0.25, 0.3) is 11.5 Å². The normalized spacial score (nSPS) is 19.6. The zero-order chi connectivity index (χ0) is 22.1. The van der Waals surface area contributed by atoms with E-state index in [0.29, 0.717) is 32.0 Å². The first-order chi connectivity index (χ1) is 15.6. The van der Waals surface area contributed by atoms with Crippen molar-refractivity contribution in [3.63, 3.8) is 0 Å². The molecule has 1 saturated carbocycles. The predicted molar refractivity (Wildman–Crippen MR) is 121 cm³/mol. The monoisotopic (exact) mass is 439 g/mol. The standard InChI is InChI=1S/C24H30FN5O2/c25-20-8-7-16(15-21-22-18(6-3-9-26-22)23(31)28-27-21)14-19(20)24(32)30-12-10-29(11-13-30)17-4-1-2-5-17/h7-8,14,17,26H,1-6,9-13,15H2,(H,28,31). The van der Waals surface area contributed by atoms with Gasteiger partial charge in [0.15, 0.2) is 0 Å². The number of H-pyrrole nitrogens is 1. The van der Waals surface area contributed by atoms with Crippen LogP contribution < -0.4 is 10.9 Å². The van der Waals surface area contributed by atoms with Crippen molar-refractivity contribution in [1.82, 2.24) is 20.0 Å². The number of rotatable bonds is 4. The summed E-state index contributed by atoms with van der Waals surface area (Å²) in [6, 6.07) is 5.34. The fraction of sp³-hybridized carbons (Fsp3) is 0.542. The van der Waals surface area contributed by atoms with E-state index in [1.54, 1.807) is 17.0 Å². The third-order valence-corrected chi connectivity index (χ3v) is 7.14. The van der Waals surface area contributed by atoms with Crippen molar-refractivity contribution in [2.75, 3.05) is 38.0 Å². The first kappa shape index (κ1) is 21.1. The Hall–Kier alpha value is -2.74. The van der Waals surface area contributed by atoms with Crippen LogP contribution in [-0.4, -0.2) is 64.7 Å². The number of nitrogens with zero attached hydrogens (tertiary/aromatic N) is 3. The lowest BCUT2D eigenvalue weighted by Crippen LogP contribution is -2.51. The average Bonchev–Trinajstić information content (AvgIpc) is 3.37. The molecule has 1 aromatic carbocycles. The Bertz CT molecular complexity index is 1050. The molecule has 2 N–H and O–H groups in total. The quantitative estimate of drug-likeness (QED) is 0.765. The van der Waals surface area contributed by atoms with Crippen molar-refractivity contribution < 1.29 is 9.18 Å². The van der Waals surface area contributed by atoms with E-state index in [0.717, 1.165) is 48.6 Å². The summed E-state index contributed by atoms with van der Waals surface area (Å²) in [6.45, 7) is 3.79. The summed E-state index contributed by atoms with van der Waals surface area (Å²) in [7, 11) is 0. The molecule has 0 atom stereocenters. The van der Waals surface area contributed by atoms with Gasteiger partial charge in [-0.1, -0.05) is 18.9 Å². The van der Waals surface area contributed by atoms with Crippen molar-refractivity contribution in [3.8, 4) is 0 Å². The van der Waals surface area contributed by atoms with Crippen molar-refractivity contribution >= 4 is 11.6 Å². The molecule has 2 aliphatic heterocycles. The Morgan fingerprint density at radius 2 is 1.91 bits per heavy atom. The highest BCUT2D eigenvalue weighted by molar-refractivity contribution is 5.94. The van der Waals surface area contributed by atoms with Crippen LogP contribution in [-0.2, 0) is 12.8 Å². The fourth-order valence-electron chi connectivity index (χ4n) is 5.35. The van der Waals surface area contributed by atoms with E-state index in [1.165, 1.54) is 31.7 Å². The summed E-state index contributed by atoms with van der Waals surface area (Å²) >= 11 is 0. The Balaban J connectivity index is 1.31. The lowest BCUT2D eigenvalue weighted by Gasteiger charge is -2.38. The van der Waals surface area contributed by atoms with Gasteiger partial charge in [-0.15, -0.1) is 0 Å². The molecule has 5 rings (SSSR count). The van der Waals surface area contributed by atoms with Crippen molar-refractivity contribution in [3.05, 3.63) is 56.8 Å². The molecular formula is C24H30FN5O2. The molecule has 1 amide bonds. The molecule has 2 aromatic rings. The van der Waals surface area contributed by atoms with Gasteiger partial charge < -0.3 is 10.2 Å². The maximum Gasteiger partial charge on any atom is 0.269 e. The topological polar surface area (TPSA) is 81.3 Å². The SMILES string of the molecule is O=C(c1cc(Cc2n[nH]c(=O)c3c2NCCC3)ccc1F)N1CCN(C2CCCC2)CC1. The van der Waals surface area contributed by atoms with Gasteiger partial charge in [-0.25, -0.2) is 9.49 Å². The van der Waals surface area contributed by atoms with Crippen LogP contribution in [0.3, 0.4) is 0 Å². The average molecular weight is 440 g/mol. The fourth-order valence-corrected chi connectivity index (χ4v) is 5.35. The number of fused-ring (bicyclic) bond motifs is 1. The molecule has 1 saturated heterocycles. The lowest BCUT2D eigenvalue weighted by molar-refractivity contribution is 0.0569. The van der Waals surface area contributed by atoms with Gasteiger partial charge in [-0.05, 0) is 43.4 Å². The van der Waals surface area contributed by atoms with E-state index in [2.05, 4.69) is 20.4 Å². The largest absolute Gasteiger partial charge is 0.383 e. The second kappa shape index (κ2) is 9.02. The molecule has 8 heteroatoms. The molecule has 7 nitrogen and oxygen atoms in total. The zero-order valence-electron chi connectivity index (χ0n) is 18.3. The molecule has 0 spiro atoms. The number of amides is 1. The first-order valence-electron chi connectivity index (χ1n) is 11.8. The molecule has 2 fully saturated rings. The minimum Gasteiger partial charge on any atom is -0.383 e. The van der Waals surface area contributed by atoms with Gasteiger partial charge in [0.05, 0.1) is 16.9 Å². The number of nitrogens with one attached hydrogen (secondary N) is 2. The van der Waals surface area contributed by atoms with Crippen LogP contribution >= 0.6 is 0 Å². The molecule has 0 unspecified atom stereocenters. The van der Waals surface area contributed by atoms with Crippen molar-refractivity contribution in [1.29, 1.82) is 0 Å². The van der Waals surface area contributed by atoms with Crippen LogP contribution in [0.15, 0.2) is 23.0 Å². The first-order valence-corrected chi connectivity index (χ1v) is 11.8. The molecule has 0 bridgehead atoms. The summed E-state index contributed by atoms with van der Waals surface area (Å²) in [5.74, 6) is -0.739. The number of benzene rings is 1. The number of carbonyl (C=O) groups excluding carboxylic acids is 1. The maximum absolute atomic E-state index is 14.6. The molecule has 170 valence electrons. The number of anilines is 1. The van der Waals surface area contributed by atoms with E-state index in [-0.39, 0.29) is 17.0 Å². The van der Waals surface area contributed by atoms with Gasteiger partial charge in [0.2, 0.25) is 0 Å². The molecule has 3 heterocycles. The highest BCUT2D eigenvalue weighted by Crippen LogP contribution is 2.26. The molecule has 1 aliphatic carbocycles. The predicted octanol–water partition coefficient (Wildman–Crippen LogP) is 2.56. The van der Waals surface area contributed by atoms with E-state index in [4.69, 9.17) is 0 Å². The maximum atomic E-state index is 14.6. The zero-order valence-corrected chi connectivity index (χ0v) is 18.3. The van der Waals surface area contributed by atoms with Crippen LogP contribution in [0.5, 0.6) is 0 Å². The Kier molecular flexibility index (Phi) is 5.95. The molecular weight excluding hydrogens is 409 g/mol. The smallest absolute Gasteiger partial charge is 0.269 e. The van der Waals surface area contributed by atoms with E-state index >= 15 is 0 Å². The minimum atomic E-state index is -0.494. The van der Waals surface area contributed by atoms with Crippen LogP contribution in [0.25, 0.3) is 0 Å². The van der Waals surface area contributed by atoms with E-state index in [1.807, 2.05) is 0 Å². The number of hydrogen-bond donors (Lipinski definition) is 2. The van der Waals surface area contributed by atoms with Crippen LogP contribution in [0.2, 0.25) is 0 Å². The van der Waals surface area contributed by atoms with Gasteiger partial charge >= 0.3 is 0 Å². The van der Waals surface area contributed by atoms with Crippen LogP contribution in [0.4, 0.5) is 10.1 Å². The summed E-state index contributed by atoms with van der Waals surface area (Å²) in [5, 5.41) is 10.1. The molecule has 1 aromatic heterocycles. The minimum absolute atomic E-state index is 0.114. The molecule has 0 radical (unpaired) electrons. The third kappa shape index (κ3) is 4.16. The number of carbonyl (C=O) groups is 1. The number of piperazine rings is 1. The number of aromatic nitrogens is 2. The van der Waals surface area contributed by atoms with Gasteiger partial charge in [-0.3, -0.25) is 14.5 Å². The Labute approximate surface area is 187 Å². The summed E-state index contributed by atoms with van der Waals surface area (Å²) in [6.07, 6.45) is 7.14.